The van der Waals surface area contributed by atoms with Crippen molar-refractivity contribution in [3.05, 3.63) is 83.8 Å². The number of nitrogens with zero attached hydrogens (tertiary/aromatic N) is 6. The van der Waals surface area contributed by atoms with E-state index in [-0.39, 0.29) is 35.4 Å². The van der Waals surface area contributed by atoms with E-state index in [1.54, 1.807) is 54.5 Å². The fourth-order valence-electron chi connectivity index (χ4n) is 5.94. The number of carbonyl (C=O) groups excluding carboxylic acids is 1. The summed E-state index contributed by atoms with van der Waals surface area (Å²) in [6.45, 7) is 0. The molecule has 0 saturated heterocycles. The lowest BCUT2D eigenvalue weighted by atomic mass is 9.57. The second-order valence-electron chi connectivity index (χ2n) is 9.93. The fourth-order valence-corrected chi connectivity index (χ4v) is 7.74. The molecule has 6 rings (SSSR count). The van der Waals surface area contributed by atoms with Gasteiger partial charge in [-0.25, -0.2) is 17.5 Å². The molecule has 0 spiro atoms. The van der Waals surface area contributed by atoms with Crippen LogP contribution in [0.4, 0.5) is 4.39 Å². The molecule has 1 fully saturated rings. The van der Waals surface area contributed by atoms with Crippen molar-refractivity contribution in [3.63, 3.8) is 0 Å². The van der Waals surface area contributed by atoms with Gasteiger partial charge in [0.25, 0.3) is 0 Å². The molecule has 2 aliphatic carbocycles. The molecule has 1 unspecified atom stereocenters. The van der Waals surface area contributed by atoms with Crippen molar-refractivity contribution in [3.8, 4) is 5.69 Å². The molecule has 9 nitrogen and oxygen atoms in total. The lowest BCUT2D eigenvalue weighted by Gasteiger charge is -2.47. The quantitative estimate of drug-likeness (QED) is 0.372. The Bertz CT molecular complexity index is 1580. The standard InChI is InChI=1S/C26H25FN6O3S/c1-32-13-11-24(30-32)37(35,36)20-10-5-17-14-23-22(29-31-33(23)19-8-6-18(27)7-9-19)16-26(17,15-20)25(34)21-4-2-3-12-28-21/h2-4,6-9,11-13,17,20H,5,10,14-16H2,1H3/t17?,20-,26+/m0/s1. The second-order valence-corrected chi connectivity index (χ2v) is 12.1. The van der Waals surface area contributed by atoms with E-state index >= 15 is 0 Å². The van der Waals surface area contributed by atoms with Crippen LogP contribution in [0.2, 0.25) is 0 Å². The lowest BCUT2D eigenvalue weighted by Crippen LogP contribution is -2.51. The number of aryl methyl sites for hydroxylation is 1. The molecule has 0 aliphatic heterocycles. The number of hydrogen-bond donors (Lipinski definition) is 0. The van der Waals surface area contributed by atoms with Crippen molar-refractivity contribution in [1.82, 2.24) is 29.8 Å². The first kappa shape index (κ1) is 23.7. The summed E-state index contributed by atoms with van der Waals surface area (Å²) in [6, 6.07) is 12.7. The average molecular weight is 521 g/mol. The van der Waals surface area contributed by atoms with Gasteiger partial charge in [0.1, 0.15) is 11.5 Å². The molecule has 1 aromatic carbocycles. The van der Waals surface area contributed by atoms with Crippen LogP contribution >= 0.6 is 0 Å². The summed E-state index contributed by atoms with van der Waals surface area (Å²) in [7, 11) is -2.07. The van der Waals surface area contributed by atoms with Crippen LogP contribution in [0.1, 0.15) is 41.1 Å². The van der Waals surface area contributed by atoms with Crippen LogP contribution in [-0.4, -0.2) is 49.2 Å². The molecule has 1 saturated carbocycles. The van der Waals surface area contributed by atoms with E-state index in [2.05, 4.69) is 20.4 Å². The van der Waals surface area contributed by atoms with Gasteiger partial charge in [0, 0.05) is 31.3 Å². The van der Waals surface area contributed by atoms with E-state index in [1.165, 1.54) is 22.9 Å². The molecule has 190 valence electrons. The molecule has 3 heterocycles. The first-order valence-electron chi connectivity index (χ1n) is 12.2. The third-order valence-electron chi connectivity index (χ3n) is 7.82. The highest BCUT2D eigenvalue weighted by Crippen LogP contribution is 2.52. The van der Waals surface area contributed by atoms with Gasteiger partial charge in [-0.3, -0.25) is 14.5 Å². The monoisotopic (exact) mass is 520 g/mol. The predicted molar refractivity (Wildman–Crippen MR) is 131 cm³/mol. The normalized spacial score (nSPS) is 23.3. The summed E-state index contributed by atoms with van der Waals surface area (Å²) in [5, 5.41) is 12.1. The third kappa shape index (κ3) is 3.88. The maximum atomic E-state index is 14.1. The van der Waals surface area contributed by atoms with Crippen LogP contribution in [0.3, 0.4) is 0 Å². The summed E-state index contributed by atoms with van der Waals surface area (Å²) < 4.78 is 43.8. The minimum Gasteiger partial charge on any atom is -0.292 e. The molecule has 3 aromatic heterocycles. The van der Waals surface area contributed by atoms with E-state index < -0.39 is 20.5 Å². The van der Waals surface area contributed by atoms with Crippen molar-refractivity contribution < 1.29 is 17.6 Å². The van der Waals surface area contributed by atoms with E-state index in [0.29, 0.717) is 36.3 Å². The van der Waals surface area contributed by atoms with Gasteiger partial charge < -0.3 is 0 Å². The molecular weight excluding hydrogens is 495 g/mol. The molecule has 0 bridgehead atoms. The van der Waals surface area contributed by atoms with Gasteiger partial charge in [0.2, 0.25) is 0 Å². The predicted octanol–water partition coefficient (Wildman–Crippen LogP) is 3.15. The maximum absolute atomic E-state index is 14.1. The zero-order chi connectivity index (χ0) is 25.8. The SMILES string of the molecule is Cn1ccc(S(=O)(=O)[C@H]2CCC3Cc4c(nnn4-c4ccc(F)cc4)C[C@]3(C(=O)c3ccccn3)C2)n1. The van der Waals surface area contributed by atoms with E-state index in [1.807, 2.05) is 0 Å². The summed E-state index contributed by atoms with van der Waals surface area (Å²) in [5.41, 5.74) is 1.53. The number of sulfone groups is 1. The fraction of sp³-hybridized carbons (Fsp3) is 0.346. The molecule has 11 heteroatoms. The Kier molecular flexibility index (Phi) is 5.55. The number of fused-ring (bicyclic) bond motifs is 2. The molecule has 0 radical (unpaired) electrons. The van der Waals surface area contributed by atoms with Crippen molar-refractivity contribution >= 4 is 15.6 Å². The Morgan fingerprint density at radius 3 is 2.62 bits per heavy atom. The molecule has 3 atom stereocenters. The summed E-state index contributed by atoms with van der Waals surface area (Å²) in [5.74, 6) is -0.631. The Hall–Kier alpha value is -3.73. The first-order chi connectivity index (χ1) is 17.8. The Morgan fingerprint density at radius 2 is 1.92 bits per heavy atom. The summed E-state index contributed by atoms with van der Waals surface area (Å²) in [6.07, 6.45) is 5.08. The molecule has 37 heavy (non-hydrogen) atoms. The van der Waals surface area contributed by atoms with Crippen LogP contribution in [0.15, 0.2) is 66.0 Å². The highest BCUT2D eigenvalue weighted by atomic mass is 32.2. The van der Waals surface area contributed by atoms with Gasteiger partial charge in [0.15, 0.2) is 20.6 Å². The van der Waals surface area contributed by atoms with Crippen molar-refractivity contribution in [2.45, 2.75) is 42.4 Å². The van der Waals surface area contributed by atoms with Gasteiger partial charge in [-0.1, -0.05) is 11.3 Å². The first-order valence-corrected chi connectivity index (χ1v) is 13.7. The van der Waals surface area contributed by atoms with Gasteiger partial charge in [-0.2, -0.15) is 5.10 Å². The van der Waals surface area contributed by atoms with Crippen molar-refractivity contribution in [2.75, 3.05) is 0 Å². The summed E-state index contributed by atoms with van der Waals surface area (Å²) in [4.78, 5) is 18.4. The van der Waals surface area contributed by atoms with Crippen LogP contribution in [0, 0.1) is 17.2 Å². The van der Waals surface area contributed by atoms with E-state index in [4.69, 9.17) is 0 Å². The number of carbonyl (C=O) groups is 1. The minimum atomic E-state index is -3.75. The molecule has 0 N–H and O–H groups in total. The number of ketones is 1. The van der Waals surface area contributed by atoms with Crippen LogP contribution in [0.25, 0.3) is 5.69 Å². The average Bonchev–Trinajstić information content (AvgIpc) is 3.53. The van der Waals surface area contributed by atoms with Gasteiger partial charge in [-0.05, 0) is 74.1 Å². The maximum Gasteiger partial charge on any atom is 0.200 e. The molecule has 4 aromatic rings. The second kappa shape index (κ2) is 8.69. The van der Waals surface area contributed by atoms with E-state index in [0.717, 1.165) is 5.69 Å². The van der Waals surface area contributed by atoms with Crippen LogP contribution in [-0.2, 0) is 29.7 Å². The zero-order valence-corrected chi connectivity index (χ0v) is 21.0. The summed E-state index contributed by atoms with van der Waals surface area (Å²) >= 11 is 0. The number of pyridine rings is 1. The van der Waals surface area contributed by atoms with Crippen LogP contribution < -0.4 is 0 Å². The zero-order valence-electron chi connectivity index (χ0n) is 20.2. The third-order valence-corrected chi connectivity index (χ3v) is 9.90. The highest BCUT2D eigenvalue weighted by Gasteiger charge is 2.55. The minimum absolute atomic E-state index is 0.0256. The Morgan fingerprint density at radius 1 is 1.11 bits per heavy atom. The van der Waals surface area contributed by atoms with Crippen LogP contribution in [0.5, 0.6) is 0 Å². The smallest absolute Gasteiger partial charge is 0.200 e. The van der Waals surface area contributed by atoms with Gasteiger partial charge >= 0.3 is 0 Å². The van der Waals surface area contributed by atoms with Gasteiger partial charge in [0.05, 0.1) is 22.3 Å². The molecule has 2 aliphatic rings. The molecule has 0 amide bonds. The Balaban J connectivity index is 1.43. The number of benzene rings is 1. The van der Waals surface area contributed by atoms with Crippen molar-refractivity contribution in [2.24, 2.45) is 18.4 Å². The highest BCUT2D eigenvalue weighted by molar-refractivity contribution is 7.92. The number of halogens is 1. The van der Waals surface area contributed by atoms with E-state index in [9.17, 15) is 17.6 Å². The topological polar surface area (TPSA) is 113 Å². The number of aromatic nitrogens is 6. The number of Topliss-reactive ketones (excluding diaryl/α,β-unsaturated/α-hetero) is 1. The Labute approximate surface area is 213 Å². The molecular formula is C26H25FN6O3S. The number of rotatable bonds is 5. The lowest BCUT2D eigenvalue weighted by molar-refractivity contribution is 0.0483. The van der Waals surface area contributed by atoms with Crippen molar-refractivity contribution in [1.29, 1.82) is 0 Å². The van der Waals surface area contributed by atoms with Gasteiger partial charge in [-0.15, -0.1) is 5.10 Å². The largest absolute Gasteiger partial charge is 0.292 e. The number of hydrogen-bond acceptors (Lipinski definition) is 7.